The van der Waals surface area contributed by atoms with Gasteiger partial charge in [-0.1, -0.05) is 12.1 Å². The van der Waals surface area contributed by atoms with Crippen LogP contribution in [0.2, 0.25) is 0 Å². The largest absolute Gasteiger partial charge is 0.466 e. The summed E-state index contributed by atoms with van der Waals surface area (Å²) in [7, 11) is 0. The number of aromatic nitrogens is 2. The van der Waals surface area contributed by atoms with E-state index < -0.39 is 0 Å². The molecule has 2 heterocycles. The number of amides is 2. The Hall–Kier alpha value is -3.09. The van der Waals surface area contributed by atoms with Crippen LogP contribution in [0.5, 0.6) is 0 Å². The number of carbonyl (C=O) groups excluding carboxylic acids is 2. The number of hydrogen-bond donors (Lipinski definition) is 3. The Morgan fingerprint density at radius 2 is 2.04 bits per heavy atom. The molecule has 1 aromatic carbocycles. The maximum atomic E-state index is 12.0. The second-order valence-corrected chi connectivity index (χ2v) is 5.16. The number of nitrogens with zero attached hydrogens (tertiary/aromatic N) is 1. The van der Waals surface area contributed by atoms with Crippen molar-refractivity contribution in [2.45, 2.75) is 13.8 Å². The summed E-state index contributed by atoms with van der Waals surface area (Å²) in [6.45, 7) is 3.31. The molecule has 0 aliphatic rings. The molecule has 0 unspecified atom stereocenters. The number of anilines is 1. The number of aromatic amines is 1. The maximum Gasteiger partial charge on any atom is 0.255 e. The summed E-state index contributed by atoms with van der Waals surface area (Å²) in [4.78, 5) is 31.1. The molecule has 2 aromatic heterocycles. The molecule has 0 fully saturated rings. The van der Waals surface area contributed by atoms with Gasteiger partial charge in [0.2, 0.25) is 11.9 Å². The first-order valence-electron chi connectivity index (χ1n) is 7.13. The fraction of sp³-hybridized carbons (Fsp3) is 0.188. The molecule has 0 radical (unpaired) electrons. The van der Waals surface area contributed by atoms with Crippen molar-refractivity contribution in [1.82, 2.24) is 15.3 Å². The van der Waals surface area contributed by atoms with Gasteiger partial charge in [-0.15, -0.1) is 0 Å². The van der Waals surface area contributed by atoms with E-state index in [2.05, 4.69) is 20.6 Å². The van der Waals surface area contributed by atoms with Crippen LogP contribution in [0.25, 0.3) is 11.0 Å². The Labute approximate surface area is 132 Å². The summed E-state index contributed by atoms with van der Waals surface area (Å²) >= 11 is 0. The molecular formula is C16H16N4O3. The van der Waals surface area contributed by atoms with E-state index in [1.807, 2.05) is 24.3 Å². The predicted molar refractivity (Wildman–Crippen MR) is 85.2 cm³/mol. The number of H-pyrrole nitrogens is 1. The Morgan fingerprint density at radius 1 is 1.26 bits per heavy atom. The highest BCUT2D eigenvalue weighted by Gasteiger charge is 2.14. The lowest BCUT2D eigenvalue weighted by atomic mass is 10.2. The van der Waals surface area contributed by atoms with Crippen molar-refractivity contribution in [3.63, 3.8) is 0 Å². The lowest BCUT2D eigenvalue weighted by Gasteiger charge is -2.04. The average molecular weight is 312 g/mol. The molecule has 0 bridgehead atoms. The molecule has 3 aromatic rings. The molecule has 0 saturated heterocycles. The number of nitrogens with one attached hydrogen (secondary N) is 3. The van der Waals surface area contributed by atoms with Crippen LogP contribution < -0.4 is 10.6 Å². The van der Waals surface area contributed by atoms with Gasteiger partial charge in [-0.2, -0.15) is 0 Å². The standard InChI is InChI=1S/C16H16N4O3/c1-9-7-11(10(2)23-9)15(22)17-8-14(21)20-16-18-12-5-3-4-6-13(12)19-16/h3-7H,8H2,1-2H3,(H,17,22)(H2,18,19,20,21). The van der Waals surface area contributed by atoms with E-state index >= 15 is 0 Å². The molecule has 0 aliphatic carbocycles. The van der Waals surface area contributed by atoms with E-state index in [0.717, 1.165) is 11.0 Å². The van der Waals surface area contributed by atoms with Crippen LogP contribution in [-0.4, -0.2) is 28.3 Å². The van der Waals surface area contributed by atoms with Gasteiger partial charge in [0, 0.05) is 0 Å². The number of imidazole rings is 1. The van der Waals surface area contributed by atoms with Crippen LogP contribution in [-0.2, 0) is 4.79 Å². The number of furan rings is 1. The van der Waals surface area contributed by atoms with Crippen molar-refractivity contribution in [2.24, 2.45) is 0 Å². The molecule has 2 amide bonds. The highest BCUT2D eigenvalue weighted by molar-refractivity contribution is 5.99. The van der Waals surface area contributed by atoms with Gasteiger partial charge in [0.15, 0.2) is 0 Å². The minimum atomic E-state index is -0.365. The fourth-order valence-electron chi connectivity index (χ4n) is 2.30. The van der Waals surface area contributed by atoms with Crippen LogP contribution in [0.1, 0.15) is 21.9 Å². The van der Waals surface area contributed by atoms with E-state index in [1.165, 1.54) is 0 Å². The monoisotopic (exact) mass is 312 g/mol. The molecule has 0 spiro atoms. The third-order valence-corrected chi connectivity index (χ3v) is 3.34. The Balaban J connectivity index is 1.59. The van der Waals surface area contributed by atoms with Crippen LogP contribution in [0, 0.1) is 13.8 Å². The molecule has 7 nitrogen and oxygen atoms in total. The topological polar surface area (TPSA) is 100 Å². The highest BCUT2D eigenvalue weighted by Crippen LogP contribution is 2.14. The lowest BCUT2D eigenvalue weighted by Crippen LogP contribution is -2.33. The molecule has 0 saturated carbocycles. The van der Waals surface area contributed by atoms with Crippen molar-refractivity contribution in [1.29, 1.82) is 0 Å². The second kappa shape index (κ2) is 5.96. The van der Waals surface area contributed by atoms with Crippen molar-refractivity contribution >= 4 is 28.8 Å². The first-order valence-corrected chi connectivity index (χ1v) is 7.13. The number of fused-ring (bicyclic) bond motifs is 1. The maximum absolute atomic E-state index is 12.0. The molecule has 0 atom stereocenters. The van der Waals surface area contributed by atoms with Gasteiger partial charge in [0.25, 0.3) is 5.91 Å². The third-order valence-electron chi connectivity index (χ3n) is 3.34. The van der Waals surface area contributed by atoms with E-state index in [-0.39, 0.29) is 18.4 Å². The highest BCUT2D eigenvalue weighted by atomic mass is 16.3. The Kier molecular flexibility index (Phi) is 3.84. The van der Waals surface area contributed by atoms with Crippen molar-refractivity contribution in [2.75, 3.05) is 11.9 Å². The fourth-order valence-corrected chi connectivity index (χ4v) is 2.30. The summed E-state index contributed by atoms with van der Waals surface area (Å²) in [5.74, 6) is 0.812. The van der Waals surface area contributed by atoms with Crippen molar-refractivity contribution < 1.29 is 14.0 Å². The zero-order chi connectivity index (χ0) is 16.4. The van der Waals surface area contributed by atoms with Gasteiger partial charge < -0.3 is 14.7 Å². The number of carbonyl (C=O) groups is 2. The van der Waals surface area contributed by atoms with Crippen LogP contribution in [0.15, 0.2) is 34.7 Å². The van der Waals surface area contributed by atoms with E-state index in [0.29, 0.717) is 23.0 Å². The van der Waals surface area contributed by atoms with E-state index in [1.54, 1.807) is 19.9 Å². The SMILES string of the molecule is Cc1cc(C(=O)NCC(=O)Nc2nc3ccccc3[nH]2)c(C)o1. The normalized spacial score (nSPS) is 10.7. The van der Waals surface area contributed by atoms with Crippen LogP contribution >= 0.6 is 0 Å². The van der Waals surface area contributed by atoms with Crippen LogP contribution in [0.3, 0.4) is 0 Å². The van der Waals surface area contributed by atoms with Gasteiger partial charge in [0.1, 0.15) is 11.5 Å². The Bertz CT molecular complexity index is 845. The lowest BCUT2D eigenvalue weighted by molar-refractivity contribution is -0.115. The molecular weight excluding hydrogens is 296 g/mol. The minimum absolute atomic E-state index is 0.153. The van der Waals surface area contributed by atoms with Crippen molar-refractivity contribution in [3.8, 4) is 0 Å². The average Bonchev–Trinajstić information content (AvgIpc) is 3.06. The Morgan fingerprint density at radius 3 is 2.74 bits per heavy atom. The van der Waals surface area contributed by atoms with E-state index in [9.17, 15) is 9.59 Å². The molecule has 118 valence electrons. The quantitative estimate of drug-likeness (QED) is 0.687. The van der Waals surface area contributed by atoms with Gasteiger partial charge in [-0.3, -0.25) is 14.9 Å². The summed E-state index contributed by atoms with van der Waals surface area (Å²) < 4.78 is 5.30. The zero-order valence-electron chi connectivity index (χ0n) is 12.8. The summed E-state index contributed by atoms with van der Waals surface area (Å²) in [6, 6.07) is 9.09. The first-order chi connectivity index (χ1) is 11.0. The molecule has 3 rings (SSSR count). The number of rotatable bonds is 4. The predicted octanol–water partition coefficient (Wildman–Crippen LogP) is 2.14. The summed E-state index contributed by atoms with van der Waals surface area (Å²) in [5.41, 5.74) is 2.02. The third kappa shape index (κ3) is 3.23. The molecule has 7 heteroatoms. The number of hydrogen-bond acceptors (Lipinski definition) is 4. The van der Waals surface area contributed by atoms with Gasteiger partial charge in [-0.25, -0.2) is 4.98 Å². The van der Waals surface area contributed by atoms with Crippen LogP contribution in [0.4, 0.5) is 5.95 Å². The van der Waals surface area contributed by atoms with Gasteiger partial charge in [-0.05, 0) is 32.0 Å². The van der Waals surface area contributed by atoms with Crippen molar-refractivity contribution in [3.05, 3.63) is 47.4 Å². The summed E-state index contributed by atoms with van der Waals surface area (Å²) in [5, 5.41) is 5.17. The first kappa shape index (κ1) is 14.8. The zero-order valence-corrected chi connectivity index (χ0v) is 12.8. The van der Waals surface area contributed by atoms with Gasteiger partial charge >= 0.3 is 0 Å². The van der Waals surface area contributed by atoms with E-state index in [4.69, 9.17) is 4.42 Å². The van der Waals surface area contributed by atoms with Gasteiger partial charge in [0.05, 0.1) is 23.1 Å². The number of aryl methyl sites for hydroxylation is 2. The molecule has 23 heavy (non-hydrogen) atoms. The number of benzene rings is 1. The molecule has 0 aliphatic heterocycles. The molecule has 3 N–H and O–H groups in total. The summed E-state index contributed by atoms with van der Waals surface area (Å²) in [6.07, 6.45) is 0. The smallest absolute Gasteiger partial charge is 0.255 e. The second-order valence-electron chi connectivity index (χ2n) is 5.16. The number of para-hydroxylation sites is 2. The minimum Gasteiger partial charge on any atom is -0.466 e.